The predicted octanol–water partition coefficient (Wildman–Crippen LogP) is 0.927. The third-order valence-electron chi connectivity index (χ3n) is 6.35. The van der Waals surface area contributed by atoms with Gasteiger partial charge in [-0.25, -0.2) is 4.79 Å². The van der Waals surface area contributed by atoms with Crippen LogP contribution in [0.4, 0.5) is 4.79 Å². The summed E-state index contributed by atoms with van der Waals surface area (Å²) in [5, 5.41) is 31.2. The maximum absolute atomic E-state index is 12.5. The molecule has 1 amide bonds. The van der Waals surface area contributed by atoms with E-state index in [4.69, 9.17) is 16.6 Å². The molecular weight excluding hydrogens is 685 g/mol. The summed E-state index contributed by atoms with van der Waals surface area (Å²) in [5.74, 6) is 0. The summed E-state index contributed by atoms with van der Waals surface area (Å²) >= 11 is -2.08. The van der Waals surface area contributed by atoms with Crippen LogP contribution in [0.15, 0.2) is 60.7 Å². The normalized spacial score (nSPS) is 25.8. The second kappa shape index (κ2) is 16.7. The number of aliphatic hydroxyl groups excluding tert-OH is 3. The zero-order valence-electron chi connectivity index (χ0n) is 22.6. The van der Waals surface area contributed by atoms with Gasteiger partial charge in [-0.15, -0.1) is 0 Å². The van der Waals surface area contributed by atoms with E-state index in [-0.39, 0.29) is 13.2 Å². The van der Waals surface area contributed by atoms with Gasteiger partial charge in [-0.2, -0.15) is 0 Å². The molecule has 3 N–H and O–H groups in total. The number of nitrogens with zero attached hydrogens (tertiary/aromatic N) is 3. The number of carbonyl (C=O) groups is 1. The van der Waals surface area contributed by atoms with Crippen LogP contribution in [-0.4, -0.2) is 114 Å². The Kier molecular flexibility index (Phi) is 14.1. The van der Waals surface area contributed by atoms with Gasteiger partial charge in [-0.05, 0) is 39.3 Å². The molecule has 1 aliphatic heterocycles. The maximum atomic E-state index is 12.5. The number of likely N-dealkylation sites (N-methyl/N-ethyl adjacent to an activating group) is 2. The van der Waals surface area contributed by atoms with Gasteiger partial charge in [0.1, 0.15) is 30.5 Å². The fourth-order valence-corrected chi connectivity index (χ4v) is 4.30. The molecule has 39 heavy (non-hydrogen) atoms. The zero-order valence-corrected chi connectivity index (χ0v) is 25.2. The number of benzene rings is 2. The van der Waals surface area contributed by atoms with Crippen LogP contribution in [0.1, 0.15) is 11.1 Å². The van der Waals surface area contributed by atoms with Crippen molar-refractivity contribution in [2.75, 3.05) is 41.3 Å². The average molecular weight is 724 g/mol. The second-order valence-electron chi connectivity index (χ2n) is 9.85. The first kappa shape index (κ1) is 32.9. The molecule has 2 fully saturated rings. The molecule has 2 aliphatic rings. The number of hydrogen-bond donors (Lipinski definition) is 3. The topological polar surface area (TPSA) is 140 Å². The summed E-state index contributed by atoms with van der Waals surface area (Å²) in [7, 11) is 8.35. The molecule has 1 saturated carbocycles. The Bertz CT molecular complexity index is 1020. The van der Waals surface area contributed by atoms with Crippen LogP contribution in [0.3, 0.4) is 0 Å². The van der Waals surface area contributed by atoms with E-state index in [2.05, 4.69) is 38.0 Å². The van der Waals surface area contributed by atoms with Gasteiger partial charge in [0, 0.05) is 19.6 Å². The first-order valence-electron chi connectivity index (χ1n) is 12.5. The monoisotopic (exact) mass is 725 g/mol. The molecule has 2 aromatic carbocycles. The van der Waals surface area contributed by atoms with Crippen molar-refractivity contribution in [3.8, 4) is 0 Å². The van der Waals surface area contributed by atoms with Crippen molar-refractivity contribution in [3.63, 3.8) is 0 Å². The van der Waals surface area contributed by atoms with Crippen molar-refractivity contribution >= 4 is 6.09 Å². The Hall–Kier alpha value is -2.29. The number of carbonyl (C=O) groups excluding carboxylic acids is 1. The molecule has 12 heteroatoms. The van der Waals surface area contributed by atoms with Gasteiger partial charge in [0.05, 0.1) is 6.61 Å². The molecule has 2 aromatic rings. The molecular formula is C27H39N3O8Os. The molecule has 1 aliphatic carbocycles. The number of amides is 1. The fourth-order valence-electron chi connectivity index (χ4n) is 4.30. The van der Waals surface area contributed by atoms with Gasteiger partial charge >= 0.3 is 30.5 Å². The molecule has 218 valence electrons. The van der Waals surface area contributed by atoms with Gasteiger partial charge in [0.2, 0.25) is 0 Å². The van der Waals surface area contributed by atoms with E-state index in [0.29, 0.717) is 0 Å². The Balaban J connectivity index is 0.000000413. The molecule has 1 heterocycles. The second-order valence-corrected chi connectivity index (χ2v) is 10.3. The SMILES string of the molecule is CN(C)CCN(C)C.O=C1O[C@H]2[C@H](O)[C@H](O)[C@H](O)[C@@H](OCc3ccccc3)[C@H]2N1Cc1ccccc1.[O]=[Os]=[O]. The first-order valence-corrected chi connectivity index (χ1v) is 14.6. The predicted molar refractivity (Wildman–Crippen MR) is 138 cm³/mol. The van der Waals surface area contributed by atoms with Crippen LogP contribution in [0, 0.1) is 0 Å². The summed E-state index contributed by atoms with van der Waals surface area (Å²) in [5.41, 5.74) is 1.78. The average Bonchev–Trinajstić information content (AvgIpc) is 3.24. The minimum absolute atomic E-state index is 0.196. The zero-order chi connectivity index (χ0) is 28.9. The van der Waals surface area contributed by atoms with Crippen LogP contribution in [-0.2, 0) is 47.0 Å². The van der Waals surface area contributed by atoms with E-state index in [1.807, 2.05) is 60.7 Å². The van der Waals surface area contributed by atoms with Gasteiger partial charge < -0.3 is 34.6 Å². The first-order chi connectivity index (χ1) is 18.6. The van der Waals surface area contributed by atoms with Gasteiger partial charge in [-0.3, -0.25) is 4.90 Å². The summed E-state index contributed by atoms with van der Waals surface area (Å²) in [6.45, 7) is 2.74. The van der Waals surface area contributed by atoms with E-state index in [0.717, 1.165) is 24.2 Å². The van der Waals surface area contributed by atoms with E-state index in [1.165, 1.54) is 4.90 Å². The Morgan fingerprint density at radius 1 is 0.821 bits per heavy atom. The molecule has 1 saturated heterocycles. The molecule has 0 aromatic heterocycles. The van der Waals surface area contributed by atoms with Gasteiger partial charge in [0.25, 0.3) is 0 Å². The number of fused-ring (bicyclic) bond motifs is 1. The molecule has 0 unspecified atom stereocenters. The van der Waals surface area contributed by atoms with Crippen molar-refractivity contribution in [2.45, 2.75) is 49.7 Å². The van der Waals surface area contributed by atoms with Crippen LogP contribution in [0.5, 0.6) is 0 Å². The molecule has 4 rings (SSSR count). The number of rotatable bonds is 8. The van der Waals surface area contributed by atoms with Crippen LogP contribution < -0.4 is 0 Å². The molecule has 6 atom stereocenters. The molecule has 0 spiro atoms. The van der Waals surface area contributed by atoms with E-state index < -0.39 is 60.0 Å². The van der Waals surface area contributed by atoms with Crippen LogP contribution in [0.25, 0.3) is 0 Å². The minimum atomic E-state index is -2.08. The fraction of sp³-hybridized carbons (Fsp3) is 0.519. The Morgan fingerprint density at radius 2 is 1.31 bits per heavy atom. The summed E-state index contributed by atoms with van der Waals surface area (Å²) < 4.78 is 28.3. The molecule has 0 radical (unpaired) electrons. The quantitative estimate of drug-likeness (QED) is 0.361. The standard InChI is InChI=1S/C21H23NO6.C6H16N2.2O.Os/c23-16-17(24)19(27-12-14-9-5-2-6-10-14)15-20(18(16)25)28-21(26)22(15)11-13-7-3-1-4-8-13;1-7(2)5-6-8(3)4;;;/h1-10,15-20,23-25H,11-12H2;5-6H2,1-4H3;;;/t15-,16-,17+,18-,19+,20-;;;;/m1..../s1. The van der Waals surface area contributed by atoms with Crippen molar-refractivity contribution < 1.29 is 54.0 Å². The van der Waals surface area contributed by atoms with Gasteiger partial charge in [0.15, 0.2) is 6.10 Å². The van der Waals surface area contributed by atoms with Crippen molar-refractivity contribution in [1.29, 1.82) is 0 Å². The summed E-state index contributed by atoms with van der Waals surface area (Å²) in [4.78, 5) is 18.3. The summed E-state index contributed by atoms with van der Waals surface area (Å²) in [6.07, 6.45) is -6.69. The van der Waals surface area contributed by atoms with Crippen molar-refractivity contribution in [1.82, 2.24) is 14.7 Å². The molecule has 0 bridgehead atoms. The van der Waals surface area contributed by atoms with E-state index >= 15 is 0 Å². The Morgan fingerprint density at radius 3 is 1.79 bits per heavy atom. The number of hydrogen-bond acceptors (Lipinski definition) is 10. The van der Waals surface area contributed by atoms with E-state index in [9.17, 15) is 20.1 Å². The van der Waals surface area contributed by atoms with E-state index in [1.54, 1.807) is 0 Å². The van der Waals surface area contributed by atoms with Crippen molar-refractivity contribution in [2.24, 2.45) is 0 Å². The van der Waals surface area contributed by atoms with Crippen molar-refractivity contribution in [3.05, 3.63) is 71.8 Å². The third kappa shape index (κ3) is 10.00. The van der Waals surface area contributed by atoms with Gasteiger partial charge in [-0.1, -0.05) is 60.7 Å². The summed E-state index contributed by atoms with van der Waals surface area (Å²) in [6, 6.07) is 18.1. The third-order valence-corrected chi connectivity index (χ3v) is 6.35. The number of aliphatic hydroxyl groups is 3. The van der Waals surface area contributed by atoms with Crippen LogP contribution in [0.2, 0.25) is 0 Å². The number of ether oxygens (including phenoxy) is 2. The Labute approximate surface area is 237 Å². The molecule has 11 nitrogen and oxygen atoms in total. The van der Waals surface area contributed by atoms with Crippen LogP contribution >= 0.6 is 0 Å².